The van der Waals surface area contributed by atoms with E-state index in [0.717, 1.165) is 13.1 Å². The molecule has 0 unspecified atom stereocenters. The van der Waals surface area contributed by atoms with Crippen molar-refractivity contribution in [3.05, 3.63) is 23.0 Å². The lowest BCUT2D eigenvalue weighted by molar-refractivity contribution is -0.275. The van der Waals surface area contributed by atoms with E-state index < -0.39 is 24.1 Å². The Kier molecular flexibility index (Phi) is 4.13. The first-order valence-electron chi connectivity index (χ1n) is 4.34. The third-order valence-corrected chi connectivity index (χ3v) is 2.23. The maximum absolute atomic E-state index is 12.5. The first-order valence-corrected chi connectivity index (χ1v) is 4.88. The summed E-state index contributed by atoms with van der Waals surface area (Å²) in [6, 6.07) is 0. The highest BCUT2D eigenvalue weighted by atomic mass is 35.5. The predicted octanol–water partition coefficient (Wildman–Crippen LogP) is 3.97. The van der Waals surface area contributed by atoms with E-state index in [1.807, 2.05) is 0 Å². The van der Waals surface area contributed by atoms with Crippen LogP contribution < -0.4 is 4.74 Å². The molecule has 0 aromatic carbocycles. The minimum absolute atomic E-state index is 0.231. The van der Waals surface area contributed by atoms with Gasteiger partial charge in [-0.25, -0.2) is 8.78 Å². The molecule has 0 aliphatic heterocycles. The zero-order chi connectivity index (χ0) is 13.2. The van der Waals surface area contributed by atoms with Crippen molar-refractivity contribution >= 4 is 11.6 Å². The minimum atomic E-state index is -4.98. The fourth-order valence-electron chi connectivity index (χ4n) is 1.22. The summed E-state index contributed by atoms with van der Waals surface area (Å²) in [7, 11) is 0. The average molecular weight is 276 g/mol. The number of hydrogen-bond acceptors (Lipinski definition) is 2. The van der Waals surface area contributed by atoms with Gasteiger partial charge in [0.15, 0.2) is 5.75 Å². The standard InChI is InChI=1S/C9H7ClF5NO/c1-4-5(8(11)12)3-16-6(2-10)7(4)17-9(13,14)15/h3,8H,2H2,1H3. The molecule has 0 saturated carbocycles. The van der Waals surface area contributed by atoms with Gasteiger partial charge < -0.3 is 4.74 Å². The summed E-state index contributed by atoms with van der Waals surface area (Å²) >= 11 is 5.37. The number of nitrogens with zero attached hydrogens (tertiary/aromatic N) is 1. The zero-order valence-corrected chi connectivity index (χ0v) is 9.24. The number of aromatic nitrogens is 1. The molecule has 0 N–H and O–H groups in total. The molecule has 0 amide bonds. The van der Waals surface area contributed by atoms with Gasteiger partial charge in [0.05, 0.1) is 11.6 Å². The molecule has 2 nitrogen and oxygen atoms in total. The molecule has 17 heavy (non-hydrogen) atoms. The van der Waals surface area contributed by atoms with E-state index in [9.17, 15) is 22.0 Å². The second-order valence-electron chi connectivity index (χ2n) is 3.10. The van der Waals surface area contributed by atoms with Gasteiger partial charge in [-0.1, -0.05) is 0 Å². The lowest BCUT2D eigenvalue weighted by Gasteiger charge is -2.16. The lowest BCUT2D eigenvalue weighted by atomic mass is 10.1. The molecule has 0 saturated heterocycles. The maximum atomic E-state index is 12.5. The summed E-state index contributed by atoms with van der Waals surface area (Å²) in [4.78, 5) is 3.43. The van der Waals surface area contributed by atoms with E-state index in [1.165, 1.54) is 0 Å². The Morgan fingerprint density at radius 3 is 2.41 bits per heavy atom. The lowest BCUT2D eigenvalue weighted by Crippen LogP contribution is -2.19. The van der Waals surface area contributed by atoms with Crippen molar-refractivity contribution < 1.29 is 26.7 Å². The van der Waals surface area contributed by atoms with Crippen molar-refractivity contribution in [2.45, 2.75) is 25.6 Å². The first-order chi connectivity index (χ1) is 7.76. The fourth-order valence-corrected chi connectivity index (χ4v) is 1.41. The second kappa shape index (κ2) is 5.03. The van der Waals surface area contributed by atoms with Gasteiger partial charge in [0.2, 0.25) is 0 Å². The molecule has 8 heteroatoms. The SMILES string of the molecule is Cc1c(C(F)F)cnc(CCl)c1OC(F)(F)F. The van der Waals surface area contributed by atoms with Crippen molar-refractivity contribution in [2.75, 3.05) is 0 Å². The van der Waals surface area contributed by atoms with E-state index >= 15 is 0 Å². The minimum Gasteiger partial charge on any atom is -0.403 e. The number of halogens is 6. The molecule has 1 aromatic rings. The third kappa shape index (κ3) is 3.42. The Morgan fingerprint density at radius 1 is 1.41 bits per heavy atom. The fraction of sp³-hybridized carbons (Fsp3) is 0.444. The Labute approximate surface area is 98.4 Å². The molecule has 1 aromatic heterocycles. The molecule has 0 atom stereocenters. The average Bonchev–Trinajstić information content (AvgIpc) is 2.18. The normalized spacial score (nSPS) is 12.0. The van der Waals surface area contributed by atoms with Crippen LogP contribution >= 0.6 is 11.6 Å². The number of hydrogen-bond donors (Lipinski definition) is 0. The van der Waals surface area contributed by atoms with Crippen molar-refractivity contribution in [1.82, 2.24) is 4.98 Å². The molecule has 0 aliphatic rings. The molecule has 0 aliphatic carbocycles. The number of alkyl halides is 6. The van der Waals surface area contributed by atoms with Crippen LogP contribution in [0.25, 0.3) is 0 Å². The molecule has 0 bridgehead atoms. The molecule has 1 rings (SSSR count). The van der Waals surface area contributed by atoms with E-state index in [1.54, 1.807) is 0 Å². The van der Waals surface area contributed by atoms with Crippen LogP contribution in [0.5, 0.6) is 5.75 Å². The summed E-state index contributed by atoms with van der Waals surface area (Å²) in [5, 5.41) is 0. The Hall–Kier alpha value is -1.11. The van der Waals surface area contributed by atoms with E-state index in [-0.39, 0.29) is 17.1 Å². The molecule has 0 spiro atoms. The molecule has 0 fully saturated rings. The summed E-state index contributed by atoms with van der Waals surface area (Å²) < 4.78 is 64.9. The van der Waals surface area contributed by atoms with Crippen molar-refractivity contribution in [3.63, 3.8) is 0 Å². The van der Waals surface area contributed by atoms with Crippen LogP contribution in [-0.4, -0.2) is 11.3 Å². The van der Waals surface area contributed by atoms with Crippen LogP contribution in [0.4, 0.5) is 22.0 Å². The second-order valence-corrected chi connectivity index (χ2v) is 3.36. The quantitative estimate of drug-likeness (QED) is 0.615. The topological polar surface area (TPSA) is 22.1 Å². The van der Waals surface area contributed by atoms with Gasteiger partial charge in [-0.3, -0.25) is 4.98 Å². The smallest absolute Gasteiger partial charge is 0.403 e. The summed E-state index contributed by atoms with van der Waals surface area (Å²) in [6.07, 6.45) is -7.11. The summed E-state index contributed by atoms with van der Waals surface area (Å²) in [6.45, 7) is 1.10. The van der Waals surface area contributed by atoms with Crippen LogP contribution in [0.2, 0.25) is 0 Å². The highest BCUT2D eigenvalue weighted by molar-refractivity contribution is 6.17. The van der Waals surface area contributed by atoms with Gasteiger partial charge in [-0.2, -0.15) is 0 Å². The van der Waals surface area contributed by atoms with Gasteiger partial charge in [-0.05, 0) is 6.92 Å². The van der Waals surface area contributed by atoms with Gasteiger partial charge in [-0.15, -0.1) is 24.8 Å². The highest BCUT2D eigenvalue weighted by Gasteiger charge is 2.34. The summed E-state index contributed by atoms with van der Waals surface area (Å²) in [5.74, 6) is -1.12. The van der Waals surface area contributed by atoms with Gasteiger partial charge >= 0.3 is 6.36 Å². The van der Waals surface area contributed by atoms with Crippen molar-refractivity contribution in [2.24, 2.45) is 0 Å². The highest BCUT2D eigenvalue weighted by Crippen LogP contribution is 2.34. The Balaban J connectivity index is 3.28. The van der Waals surface area contributed by atoms with Crippen molar-refractivity contribution in [3.8, 4) is 5.75 Å². The van der Waals surface area contributed by atoms with E-state index in [0.29, 0.717) is 0 Å². The molecular formula is C9H7ClF5NO. The van der Waals surface area contributed by atoms with Crippen molar-refractivity contribution in [1.29, 1.82) is 0 Å². The third-order valence-electron chi connectivity index (χ3n) is 1.97. The van der Waals surface area contributed by atoms with E-state index in [4.69, 9.17) is 11.6 Å². The predicted molar refractivity (Wildman–Crippen MR) is 50.2 cm³/mol. The van der Waals surface area contributed by atoms with Gasteiger partial charge in [0, 0.05) is 17.3 Å². The van der Waals surface area contributed by atoms with Gasteiger partial charge in [0.25, 0.3) is 6.43 Å². The number of ether oxygens (including phenoxy) is 1. The molecule has 96 valence electrons. The Morgan fingerprint density at radius 2 is 2.00 bits per heavy atom. The van der Waals surface area contributed by atoms with E-state index in [2.05, 4.69) is 9.72 Å². The number of pyridine rings is 1. The van der Waals surface area contributed by atoms with Gasteiger partial charge in [0.1, 0.15) is 0 Å². The largest absolute Gasteiger partial charge is 0.573 e. The summed E-state index contributed by atoms with van der Waals surface area (Å²) in [5.41, 5.74) is -1.16. The number of rotatable bonds is 3. The molecule has 1 heterocycles. The zero-order valence-electron chi connectivity index (χ0n) is 8.49. The van der Waals surface area contributed by atoms with Crippen LogP contribution in [0.1, 0.15) is 23.2 Å². The maximum Gasteiger partial charge on any atom is 0.573 e. The van der Waals surface area contributed by atoms with Crippen LogP contribution in [0.15, 0.2) is 6.20 Å². The molecular weight excluding hydrogens is 269 g/mol. The van der Waals surface area contributed by atoms with Crippen LogP contribution in [0, 0.1) is 6.92 Å². The van der Waals surface area contributed by atoms with Crippen LogP contribution in [-0.2, 0) is 5.88 Å². The Bertz CT molecular complexity index is 407. The first kappa shape index (κ1) is 14.0. The molecule has 0 radical (unpaired) electrons. The monoisotopic (exact) mass is 275 g/mol. The van der Waals surface area contributed by atoms with Crippen LogP contribution in [0.3, 0.4) is 0 Å².